The molecule has 0 spiro atoms. The summed E-state index contributed by atoms with van der Waals surface area (Å²) in [5.74, 6) is 0. The van der Waals surface area contributed by atoms with Crippen LogP contribution < -0.4 is 27.2 Å². The highest BCUT2D eigenvalue weighted by Crippen LogP contribution is 2.05. The van der Waals surface area contributed by atoms with Crippen molar-refractivity contribution in [3.05, 3.63) is 14.7 Å². The Kier molecular flexibility index (Phi) is 6.57. The van der Waals surface area contributed by atoms with Crippen molar-refractivity contribution in [2.24, 2.45) is 0 Å². The van der Waals surface area contributed by atoms with Crippen LogP contribution in [0.3, 0.4) is 0 Å². The molecule has 2 rings (SSSR count). The van der Waals surface area contributed by atoms with Gasteiger partial charge in [-0.2, -0.15) is 0 Å². The van der Waals surface area contributed by atoms with E-state index >= 15 is 0 Å². The predicted octanol–water partition coefficient (Wildman–Crippen LogP) is -2.60. The van der Waals surface area contributed by atoms with E-state index in [1.807, 2.05) is 22.7 Å². The standard InChI is InChI=1S/C9H14NS2.ClHO4/c1-2-4-6-10(5-3-1)9-11-7-8-12-9;2-1(3,4)5/h7-8H,1-6H2;(H,2,3,4,5)/q+1;/p-1. The molecule has 0 amide bonds. The Balaban J connectivity index is 0.000000249. The summed E-state index contributed by atoms with van der Waals surface area (Å²) in [6, 6.07) is 0. The molecule has 0 saturated carbocycles. The van der Waals surface area contributed by atoms with Crippen molar-refractivity contribution in [3.8, 4) is 0 Å². The summed E-state index contributed by atoms with van der Waals surface area (Å²) in [4.78, 5) is 0. The van der Waals surface area contributed by atoms with E-state index in [-0.39, 0.29) is 0 Å². The third kappa shape index (κ3) is 7.82. The Labute approximate surface area is 110 Å². The van der Waals surface area contributed by atoms with Gasteiger partial charge in [0.25, 0.3) is 0 Å². The lowest BCUT2D eigenvalue weighted by molar-refractivity contribution is -2.00. The van der Waals surface area contributed by atoms with Crippen molar-refractivity contribution in [2.75, 3.05) is 13.1 Å². The third-order valence-electron chi connectivity index (χ3n) is 2.26. The summed E-state index contributed by atoms with van der Waals surface area (Å²) >= 11 is 3.77. The monoisotopic (exact) mass is 299 g/mol. The van der Waals surface area contributed by atoms with Crippen LogP contribution in [-0.2, 0) is 0 Å². The zero-order valence-corrected chi connectivity index (χ0v) is 11.6. The first-order valence-electron chi connectivity index (χ1n) is 5.19. The third-order valence-corrected chi connectivity index (χ3v) is 4.47. The molecule has 17 heavy (non-hydrogen) atoms. The Hall–Kier alpha value is -0.0200. The summed E-state index contributed by atoms with van der Waals surface area (Å²) in [5.41, 5.74) is 0. The molecule has 5 nitrogen and oxygen atoms in total. The van der Waals surface area contributed by atoms with E-state index in [1.165, 1.54) is 42.8 Å². The number of nitrogens with zero attached hydrogens (tertiary/aromatic N) is 1. The highest BCUT2D eigenvalue weighted by molar-refractivity contribution is 7.24. The first kappa shape index (κ1) is 15.0. The van der Waals surface area contributed by atoms with Gasteiger partial charge in [0.2, 0.25) is 0 Å². The second kappa shape index (κ2) is 7.42. The van der Waals surface area contributed by atoms with Gasteiger partial charge < -0.3 is 0 Å². The molecule has 1 aliphatic rings. The average Bonchev–Trinajstić information content (AvgIpc) is 2.59. The molecular formula is C9H14ClNO4S2. The van der Waals surface area contributed by atoms with Crippen LogP contribution in [0.2, 0.25) is 0 Å². The Bertz CT molecular complexity index is 352. The molecule has 1 aromatic rings. The van der Waals surface area contributed by atoms with E-state index in [0.717, 1.165) is 0 Å². The van der Waals surface area contributed by atoms with Crippen LogP contribution >= 0.6 is 22.7 Å². The molecular weight excluding hydrogens is 286 g/mol. The van der Waals surface area contributed by atoms with Gasteiger partial charge in [-0.1, -0.05) is 22.7 Å². The SMILES string of the molecule is [O-][Cl+3]([O-])([O-])[O-].c1csc(=[N+]2CCCCCC2)s1. The van der Waals surface area contributed by atoms with E-state index < -0.39 is 10.2 Å². The van der Waals surface area contributed by atoms with Gasteiger partial charge >= 0.3 is 3.98 Å². The van der Waals surface area contributed by atoms with Crippen LogP contribution in [-0.4, -0.2) is 13.1 Å². The van der Waals surface area contributed by atoms with Crippen molar-refractivity contribution in [1.82, 2.24) is 4.58 Å². The van der Waals surface area contributed by atoms with Crippen LogP contribution in [0, 0.1) is 10.2 Å². The lowest BCUT2D eigenvalue weighted by Gasteiger charge is -2.17. The fourth-order valence-electron chi connectivity index (χ4n) is 1.60. The van der Waals surface area contributed by atoms with E-state index in [9.17, 15) is 0 Å². The van der Waals surface area contributed by atoms with E-state index in [4.69, 9.17) is 18.6 Å². The fraction of sp³-hybridized carbons (Fsp3) is 0.667. The number of halogens is 1. The quantitative estimate of drug-likeness (QED) is 0.491. The first-order chi connectivity index (χ1) is 7.97. The summed E-state index contributed by atoms with van der Waals surface area (Å²) < 4.78 is 38.0. The molecule has 0 atom stereocenters. The van der Waals surface area contributed by atoms with Gasteiger partial charge in [0.15, 0.2) is 0 Å². The lowest BCUT2D eigenvalue weighted by Crippen LogP contribution is -2.68. The largest absolute Gasteiger partial charge is 0.313 e. The topological polar surface area (TPSA) is 95.2 Å². The zero-order chi connectivity index (χ0) is 12.7. The minimum absolute atomic E-state index is 1.27. The van der Waals surface area contributed by atoms with Gasteiger partial charge in [-0.25, -0.2) is 23.2 Å². The van der Waals surface area contributed by atoms with Crippen molar-refractivity contribution >= 4 is 22.7 Å². The molecule has 0 bridgehead atoms. The summed E-state index contributed by atoms with van der Waals surface area (Å²) in [6.07, 6.45) is 5.61. The highest BCUT2D eigenvalue weighted by Gasteiger charge is 2.10. The number of rotatable bonds is 0. The Morgan fingerprint density at radius 3 is 1.71 bits per heavy atom. The summed E-state index contributed by atoms with van der Waals surface area (Å²) in [7, 11) is -4.94. The van der Waals surface area contributed by atoms with Gasteiger partial charge in [-0.05, 0) is 12.8 Å². The second-order valence-electron chi connectivity index (χ2n) is 3.55. The number of hydrogen-bond donors (Lipinski definition) is 0. The first-order valence-corrected chi connectivity index (χ1v) is 8.18. The van der Waals surface area contributed by atoms with Crippen LogP contribution in [0.4, 0.5) is 0 Å². The van der Waals surface area contributed by atoms with Crippen LogP contribution in [0.25, 0.3) is 0 Å². The average molecular weight is 300 g/mol. The molecule has 1 saturated heterocycles. The van der Waals surface area contributed by atoms with Crippen molar-refractivity contribution < 1.29 is 28.9 Å². The van der Waals surface area contributed by atoms with Crippen LogP contribution in [0.1, 0.15) is 25.7 Å². The smallest absolute Gasteiger partial charge is 0.222 e. The van der Waals surface area contributed by atoms with E-state index in [1.54, 1.807) is 0 Å². The maximum Gasteiger partial charge on any atom is 0.313 e. The maximum absolute atomic E-state index is 8.49. The van der Waals surface area contributed by atoms with Crippen LogP contribution in [0.5, 0.6) is 0 Å². The number of hydrogen-bond acceptors (Lipinski definition) is 6. The molecule has 2 heterocycles. The predicted molar refractivity (Wildman–Crippen MR) is 55.7 cm³/mol. The van der Waals surface area contributed by atoms with Gasteiger partial charge in [0.05, 0.1) is 0 Å². The minimum atomic E-state index is -4.94. The van der Waals surface area contributed by atoms with Crippen molar-refractivity contribution in [2.45, 2.75) is 25.7 Å². The molecule has 0 N–H and O–H groups in total. The molecule has 1 aromatic heterocycles. The summed E-state index contributed by atoms with van der Waals surface area (Å²) in [5, 5.41) is 4.37. The Morgan fingerprint density at radius 2 is 1.29 bits per heavy atom. The molecule has 98 valence electrons. The van der Waals surface area contributed by atoms with E-state index in [0.29, 0.717) is 0 Å². The van der Waals surface area contributed by atoms with Gasteiger partial charge in [-0.3, -0.25) is 0 Å². The van der Waals surface area contributed by atoms with Crippen molar-refractivity contribution in [1.29, 1.82) is 0 Å². The normalized spacial score (nSPS) is 17.1. The Morgan fingerprint density at radius 1 is 0.882 bits per heavy atom. The van der Waals surface area contributed by atoms with E-state index in [2.05, 4.69) is 15.3 Å². The fourth-order valence-corrected chi connectivity index (χ4v) is 3.50. The minimum Gasteiger partial charge on any atom is -0.222 e. The van der Waals surface area contributed by atoms with Gasteiger partial charge in [-0.15, -0.1) is 10.2 Å². The highest BCUT2D eigenvalue weighted by atomic mass is 35.7. The molecule has 0 radical (unpaired) electrons. The zero-order valence-electron chi connectivity index (χ0n) is 9.17. The molecule has 1 aliphatic heterocycles. The molecule has 0 unspecified atom stereocenters. The molecule has 0 aliphatic carbocycles. The lowest BCUT2D eigenvalue weighted by atomic mass is 10.2. The maximum atomic E-state index is 8.49. The molecule has 1 fully saturated rings. The molecule has 8 heteroatoms. The summed E-state index contributed by atoms with van der Waals surface area (Å²) in [6.45, 7) is 2.55. The molecule has 0 aromatic carbocycles. The van der Waals surface area contributed by atoms with Gasteiger partial charge in [0, 0.05) is 23.6 Å². The van der Waals surface area contributed by atoms with Crippen molar-refractivity contribution in [3.63, 3.8) is 0 Å². The van der Waals surface area contributed by atoms with Gasteiger partial charge in [0.1, 0.15) is 13.1 Å². The van der Waals surface area contributed by atoms with Crippen LogP contribution in [0.15, 0.2) is 10.8 Å². The second-order valence-corrected chi connectivity index (χ2v) is 6.36.